The molecule has 0 unspecified atom stereocenters. The molecule has 2 fully saturated rings. The van der Waals surface area contributed by atoms with E-state index >= 15 is 0 Å². The van der Waals surface area contributed by atoms with E-state index < -0.39 is 0 Å². The van der Waals surface area contributed by atoms with Crippen LogP contribution in [0.1, 0.15) is 36.0 Å². The fourth-order valence-corrected chi connectivity index (χ4v) is 3.71. The van der Waals surface area contributed by atoms with Gasteiger partial charge in [0.05, 0.1) is 16.2 Å². The molecule has 1 amide bonds. The first-order valence-electron chi connectivity index (χ1n) is 8.66. The zero-order valence-corrected chi connectivity index (χ0v) is 14.6. The number of ether oxygens (including phenoxy) is 2. The Morgan fingerprint density at radius 1 is 1.21 bits per heavy atom. The van der Waals surface area contributed by atoms with Crippen LogP contribution in [0.2, 0.25) is 5.02 Å². The van der Waals surface area contributed by atoms with Crippen LogP contribution in [0.25, 0.3) is 0 Å². The monoisotopic (exact) mass is 352 g/mol. The average Bonchev–Trinajstić information content (AvgIpc) is 2.60. The van der Waals surface area contributed by atoms with Crippen molar-refractivity contribution < 1.29 is 14.3 Å². The van der Waals surface area contributed by atoms with Crippen molar-refractivity contribution in [1.29, 1.82) is 0 Å². The topological polar surface area (TPSA) is 59.6 Å². The standard InChI is InChI=1S/C18H25ClN2O3/c19-16-4-2-1-3-15(16)17(22)21-9-8-20-14-5-10-24-18(13-14)6-11-23-12-7-18/h1-4,14,20H,5-13H2,(H,21,22)/t14-/m1/s1. The second-order valence-corrected chi connectivity index (χ2v) is 6.93. The minimum absolute atomic E-state index is 0.00498. The molecule has 1 aromatic carbocycles. The Hall–Kier alpha value is -1.14. The zero-order chi connectivity index (χ0) is 16.8. The van der Waals surface area contributed by atoms with E-state index in [1.54, 1.807) is 12.1 Å². The molecule has 3 rings (SSSR count). The number of halogens is 1. The van der Waals surface area contributed by atoms with Crippen LogP contribution in [0.4, 0.5) is 0 Å². The SMILES string of the molecule is O=C(NCCN[C@@H]1CCOC2(CCOCC2)C1)c1ccccc1Cl. The van der Waals surface area contributed by atoms with Gasteiger partial charge in [-0.3, -0.25) is 4.79 Å². The van der Waals surface area contributed by atoms with Crippen molar-refractivity contribution in [3.05, 3.63) is 34.9 Å². The molecule has 0 aromatic heterocycles. The lowest BCUT2D eigenvalue weighted by molar-refractivity contribution is -0.140. The van der Waals surface area contributed by atoms with Gasteiger partial charge in [-0.15, -0.1) is 0 Å². The van der Waals surface area contributed by atoms with E-state index in [-0.39, 0.29) is 11.5 Å². The number of benzene rings is 1. The van der Waals surface area contributed by atoms with E-state index in [9.17, 15) is 4.79 Å². The van der Waals surface area contributed by atoms with Gasteiger partial charge < -0.3 is 20.1 Å². The van der Waals surface area contributed by atoms with Crippen molar-refractivity contribution in [1.82, 2.24) is 10.6 Å². The molecule has 1 aromatic rings. The van der Waals surface area contributed by atoms with Gasteiger partial charge in [0.25, 0.3) is 5.91 Å². The maximum absolute atomic E-state index is 12.1. The molecule has 2 heterocycles. The van der Waals surface area contributed by atoms with Gasteiger partial charge in [0.15, 0.2) is 0 Å². The first-order valence-corrected chi connectivity index (χ1v) is 9.04. The number of hydrogen-bond acceptors (Lipinski definition) is 4. The Bertz CT molecular complexity index is 555. The highest BCUT2D eigenvalue weighted by atomic mass is 35.5. The summed E-state index contributed by atoms with van der Waals surface area (Å²) in [5.41, 5.74) is 0.515. The van der Waals surface area contributed by atoms with Gasteiger partial charge in [0, 0.05) is 39.0 Å². The van der Waals surface area contributed by atoms with Gasteiger partial charge in [0.1, 0.15) is 0 Å². The number of nitrogens with one attached hydrogen (secondary N) is 2. The molecule has 1 atom stereocenters. The van der Waals surface area contributed by atoms with Crippen LogP contribution in [-0.2, 0) is 9.47 Å². The highest BCUT2D eigenvalue weighted by Gasteiger charge is 2.38. The molecule has 2 aliphatic rings. The van der Waals surface area contributed by atoms with Gasteiger partial charge in [-0.05, 0) is 37.8 Å². The van der Waals surface area contributed by atoms with Crippen molar-refractivity contribution in [2.75, 3.05) is 32.9 Å². The van der Waals surface area contributed by atoms with Crippen LogP contribution in [-0.4, -0.2) is 50.5 Å². The largest absolute Gasteiger partial charge is 0.381 e. The average molecular weight is 353 g/mol. The maximum atomic E-state index is 12.1. The van der Waals surface area contributed by atoms with Crippen molar-refractivity contribution in [3.8, 4) is 0 Å². The van der Waals surface area contributed by atoms with Crippen molar-refractivity contribution >= 4 is 17.5 Å². The predicted octanol–water partition coefficient (Wildman–Crippen LogP) is 2.39. The maximum Gasteiger partial charge on any atom is 0.252 e. The van der Waals surface area contributed by atoms with Crippen LogP contribution in [0.15, 0.2) is 24.3 Å². The van der Waals surface area contributed by atoms with Crippen molar-refractivity contribution in [2.45, 2.75) is 37.3 Å². The summed E-state index contributed by atoms with van der Waals surface area (Å²) in [6.45, 7) is 3.70. The zero-order valence-electron chi connectivity index (χ0n) is 13.9. The number of hydrogen-bond donors (Lipinski definition) is 2. The van der Waals surface area contributed by atoms with Crippen LogP contribution >= 0.6 is 11.6 Å². The second kappa shape index (κ2) is 8.30. The normalized spacial score (nSPS) is 23.1. The predicted molar refractivity (Wildman–Crippen MR) is 93.5 cm³/mol. The highest BCUT2D eigenvalue weighted by Crippen LogP contribution is 2.34. The lowest BCUT2D eigenvalue weighted by atomic mass is 9.84. The molecule has 0 aliphatic carbocycles. The van der Waals surface area contributed by atoms with E-state index in [0.717, 1.165) is 52.0 Å². The molecular weight excluding hydrogens is 328 g/mol. The molecule has 0 bridgehead atoms. The second-order valence-electron chi connectivity index (χ2n) is 6.52. The summed E-state index contributed by atoms with van der Waals surface area (Å²) < 4.78 is 11.5. The van der Waals surface area contributed by atoms with E-state index in [4.69, 9.17) is 21.1 Å². The van der Waals surface area contributed by atoms with E-state index in [1.165, 1.54) is 0 Å². The molecule has 0 radical (unpaired) electrons. The summed E-state index contributed by atoms with van der Waals surface area (Å²) in [4.78, 5) is 12.1. The quantitative estimate of drug-likeness (QED) is 0.799. The number of carbonyl (C=O) groups is 1. The van der Waals surface area contributed by atoms with Crippen LogP contribution < -0.4 is 10.6 Å². The minimum atomic E-state index is -0.129. The number of carbonyl (C=O) groups excluding carboxylic acids is 1. The number of amides is 1. The Balaban J connectivity index is 1.40. The molecule has 2 saturated heterocycles. The summed E-state index contributed by atoms with van der Waals surface area (Å²) in [7, 11) is 0. The van der Waals surface area contributed by atoms with Crippen LogP contribution in [0.3, 0.4) is 0 Å². The summed E-state index contributed by atoms with van der Waals surface area (Å²) in [6, 6.07) is 7.53. The summed E-state index contributed by atoms with van der Waals surface area (Å²) in [5, 5.41) is 6.94. The van der Waals surface area contributed by atoms with Gasteiger partial charge in [-0.2, -0.15) is 0 Å². The van der Waals surface area contributed by atoms with E-state index in [0.29, 0.717) is 23.2 Å². The van der Waals surface area contributed by atoms with Gasteiger partial charge >= 0.3 is 0 Å². The molecule has 5 nitrogen and oxygen atoms in total. The highest BCUT2D eigenvalue weighted by molar-refractivity contribution is 6.33. The molecular formula is C18H25ClN2O3. The number of rotatable bonds is 5. The Morgan fingerprint density at radius 2 is 2.00 bits per heavy atom. The Kier molecular flexibility index (Phi) is 6.11. The van der Waals surface area contributed by atoms with Gasteiger partial charge in [-0.1, -0.05) is 23.7 Å². The Labute approximate surface area is 148 Å². The first-order chi connectivity index (χ1) is 11.7. The lowest BCUT2D eigenvalue weighted by Crippen LogP contribution is -2.50. The van der Waals surface area contributed by atoms with E-state index in [1.807, 2.05) is 12.1 Å². The third-order valence-corrected chi connectivity index (χ3v) is 5.19. The summed E-state index contributed by atoms with van der Waals surface area (Å²) in [5.74, 6) is -0.129. The van der Waals surface area contributed by atoms with Gasteiger partial charge in [-0.25, -0.2) is 0 Å². The Morgan fingerprint density at radius 3 is 2.79 bits per heavy atom. The molecule has 24 heavy (non-hydrogen) atoms. The van der Waals surface area contributed by atoms with E-state index in [2.05, 4.69) is 10.6 Å². The van der Waals surface area contributed by atoms with Crippen LogP contribution in [0.5, 0.6) is 0 Å². The van der Waals surface area contributed by atoms with Crippen LogP contribution in [0, 0.1) is 0 Å². The van der Waals surface area contributed by atoms with Crippen molar-refractivity contribution in [3.63, 3.8) is 0 Å². The first kappa shape index (κ1) is 17.7. The summed E-state index contributed by atoms with van der Waals surface area (Å²) in [6.07, 6.45) is 4.00. The summed E-state index contributed by atoms with van der Waals surface area (Å²) >= 11 is 6.04. The molecule has 2 N–H and O–H groups in total. The smallest absolute Gasteiger partial charge is 0.252 e. The lowest BCUT2D eigenvalue weighted by Gasteiger charge is -2.43. The van der Waals surface area contributed by atoms with Gasteiger partial charge in [0.2, 0.25) is 0 Å². The third-order valence-electron chi connectivity index (χ3n) is 4.86. The fourth-order valence-electron chi connectivity index (χ4n) is 3.49. The molecule has 6 heteroatoms. The molecule has 2 aliphatic heterocycles. The molecule has 1 spiro atoms. The third kappa shape index (κ3) is 4.48. The van der Waals surface area contributed by atoms with Crippen molar-refractivity contribution in [2.24, 2.45) is 0 Å². The fraction of sp³-hybridized carbons (Fsp3) is 0.611. The minimum Gasteiger partial charge on any atom is -0.381 e. The molecule has 0 saturated carbocycles. The molecule has 132 valence electrons.